The van der Waals surface area contributed by atoms with E-state index in [2.05, 4.69) is 10.2 Å². The van der Waals surface area contributed by atoms with Crippen molar-refractivity contribution in [1.82, 2.24) is 5.32 Å². The van der Waals surface area contributed by atoms with E-state index in [9.17, 15) is 9.59 Å². The zero-order chi connectivity index (χ0) is 15.0. The van der Waals surface area contributed by atoms with Crippen LogP contribution in [0.15, 0.2) is 0 Å². The van der Waals surface area contributed by atoms with Gasteiger partial charge in [-0.25, -0.2) is 0 Å². The van der Waals surface area contributed by atoms with Crippen LogP contribution in [-0.2, 0) is 0 Å². The van der Waals surface area contributed by atoms with E-state index in [1.165, 1.54) is 11.3 Å². The van der Waals surface area contributed by atoms with E-state index in [1.807, 2.05) is 11.8 Å². The van der Waals surface area contributed by atoms with Gasteiger partial charge in [-0.2, -0.15) is 11.8 Å². The van der Waals surface area contributed by atoms with Crippen LogP contribution in [0.4, 0.5) is 10.7 Å². The lowest BCUT2D eigenvalue weighted by Crippen LogP contribution is -2.33. The van der Waals surface area contributed by atoms with Gasteiger partial charge in [0.1, 0.15) is 5.00 Å². The van der Waals surface area contributed by atoms with Gasteiger partial charge in [-0.15, -0.1) is 11.3 Å². The molecule has 114 valence electrons. The van der Waals surface area contributed by atoms with Gasteiger partial charge in [0.2, 0.25) is 0 Å². The Balaban J connectivity index is 2.01. The van der Waals surface area contributed by atoms with Gasteiger partial charge in [-0.3, -0.25) is 9.59 Å². The number of nitrogen functional groups attached to an aromatic ring is 1. The molecule has 0 atom stereocenters. The van der Waals surface area contributed by atoms with Crippen LogP contribution in [0.2, 0.25) is 0 Å². The fraction of sp³-hybridized carbons (Fsp3) is 0.571. The van der Waals surface area contributed by atoms with Gasteiger partial charge in [0.15, 0.2) is 5.78 Å². The number of hydrogen-bond acceptors (Lipinski definition) is 6. The number of Topliss-reactive ketones (excluding diaryl/α,β-unsaturated/α-hetero) is 1. The number of rotatable bonds is 4. The van der Waals surface area contributed by atoms with Crippen molar-refractivity contribution >= 4 is 45.5 Å². The van der Waals surface area contributed by atoms with Crippen molar-refractivity contribution in [1.29, 1.82) is 0 Å². The van der Waals surface area contributed by atoms with E-state index in [0.717, 1.165) is 42.4 Å². The molecule has 0 bridgehead atoms. The van der Waals surface area contributed by atoms with Crippen LogP contribution in [0.1, 0.15) is 32.9 Å². The Kier molecular flexibility index (Phi) is 4.12. The second-order valence-corrected chi connectivity index (χ2v) is 7.57. The van der Waals surface area contributed by atoms with Crippen LogP contribution in [0.5, 0.6) is 0 Å². The molecule has 1 saturated heterocycles. The Morgan fingerprint density at radius 1 is 1.29 bits per heavy atom. The molecule has 2 aliphatic rings. The summed E-state index contributed by atoms with van der Waals surface area (Å²) < 4.78 is 0. The molecule has 2 heterocycles. The molecular formula is C14H19N3O2S2. The average molecular weight is 325 g/mol. The maximum Gasteiger partial charge on any atom is 0.256 e. The van der Waals surface area contributed by atoms with Gasteiger partial charge in [-0.05, 0) is 12.8 Å². The molecule has 1 amide bonds. The first-order valence-corrected chi connectivity index (χ1v) is 9.11. The summed E-state index contributed by atoms with van der Waals surface area (Å²) in [4.78, 5) is 27.3. The molecule has 0 spiro atoms. The Morgan fingerprint density at radius 2 is 1.95 bits per heavy atom. The Labute approximate surface area is 132 Å². The van der Waals surface area contributed by atoms with Crippen molar-refractivity contribution in [2.75, 3.05) is 42.3 Å². The number of nitrogens with two attached hydrogens (primary N) is 1. The topological polar surface area (TPSA) is 75.4 Å². The Hall–Kier alpha value is -1.21. The lowest BCUT2D eigenvalue weighted by Gasteiger charge is -2.27. The highest BCUT2D eigenvalue weighted by atomic mass is 32.2. The van der Waals surface area contributed by atoms with Crippen molar-refractivity contribution in [2.45, 2.75) is 12.8 Å². The third-order valence-corrected chi connectivity index (χ3v) is 6.07. The first-order valence-electron chi connectivity index (χ1n) is 7.14. The van der Waals surface area contributed by atoms with Gasteiger partial charge >= 0.3 is 0 Å². The molecule has 3 rings (SSSR count). The van der Waals surface area contributed by atoms with Crippen LogP contribution in [0, 0.1) is 5.92 Å². The van der Waals surface area contributed by atoms with Crippen LogP contribution >= 0.6 is 23.1 Å². The first kappa shape index (κ1) is 14.7. The molecule has 0 aromatic carbocycles. The predicted octanol–water partition coefficient (Wildman–Crippen LogP) is 1.84. The third-order valence-electron chi connectivity index (χ3n) is 3.85. The molecule has 2 fully saturated rings. The standard InChI is InChI=1S/C14H19N3O2S2/c1-16-13(19)9-10(15)12(11(18)8-2-3-8)21-14(9)17-4-6-20-7-5-17/h8H,2-7,15H2,1H3,(H,16,19). The van der Waals surface area contributed by atoms with E-state index < -0.39 is 0 Å². The summed E-state index contributed by atoms with van der Waals surface area (Å²) >= 11 is 3.30. The number of anilines is 2. The highest BCUT2D eigenvalue weighted by molar-refractivity contribution is 7.99. The van der Waals surface area contributed by atoms with Gasteiger partial charge in [0.05, 0.1) is 16.1 Å². The molecule has 0 radical (unpaired) electrons. The molecule has 7 heteroatoms. The SMILES string of the molecule is CNC(=O)c1c(N2CCSCC2)sc(C(=O)C2CC2)c1N. The molecule has 0 unspecified atom stereocenters. The number of ketones is 1. The molecule has 1 aromatic rings. The molecule has 5 nitrogen and oxygen atoms in total. The van der Waals surface area contributed by atoms with Crippen molar-refractivity contribution in [3.63, 3.8) is 0 Å². The molecule has 21 heavy (non-hydrogen) atoms. The number of carbonyl (C=O) groups is 2. The smallest absolute Gasteiger partial charge is 0.256 e. The fourth-order valence-electron chi connectivity index (χ4n) is 2.48. The Morgan fingerprint density at radius 3 is 2.52 bits per heavy atom. The molecule has 1 aromatic heterocycles. The summed E-state index contributed by atoms with van der Waals surface area (Å²) in [7, 11) is 1.59. The van der Waals surface area contributed by atoms with E-state index in [4.69, 9.17) is 5.73 Å². The van der Waals surface area contributed by atoms with Gasteiger partial charge in [-0.1, -0.05) is 0 Å². The van der Waals surface area contributed by atoms with Gasteiger partial charge < -0.3 is 16.0 Å². The normalized spacial score (nSPS) is 18.6. The Bertz CT molecular complexity index is 575. The number of thiophene rings is 1. The molecular weight excluding hydrogens is 306 g/mol. The minimum atomic E-state index is -0.202. The summed E-state index contributed by atoms with van der Waals surface area (Å²) in [6.45, 7) is 1.79. The first-order chi connectivity index (χ1) is 10.1. The lowest BCUT2D eigenvalue weighted by molar-refractivity contribution is 0.0964. The number of hydrogen-bond donors (Lipinski definition) is 2. The quantitative estimate of drug-likeness (QED) is 0.826. The van der Waals surface area contributed by atoms with E-state index >= 15 is 0 Å². The fourth-order valence-corrected chi connectivity index (χ4v) is 4.67. The largest absolute Gasteiger partial charge is 0.397 e. The number of nitrogens with one attached hydrogen (secondary N) is 1. The second kappa shape index (κ2) is 5.88. The van der Waals surface area contributed by atoms with E-state index in [-0.39, 0.29) is 17.6 Å². The molecule has 3 N–H and O–H groups in total. The number of thioether (sulfide) groups is 1. The highest BCUT2D eigenvalue weighted by Gasteiger charge is 2.36. The number of carbonyl (C=O) groups excluding carboxylic acids is 2. The van der Waals surface area contributed by atoms with Gasteiger partial charge in [0.25, 0.3) is 5.91 Å². The maximum atomic E-state index is 12.4. The van der Waals surface area contributed by atoms with Crippen LogP contribution in [0.3, 0.4) is 0 Å². The van der Waals surface area contributed by atoms with Crippen molar-refractivity contribution in [3.8, 4) is 0 Å². The monoisotopic (exact) mass is 325 g/mol. The minimum Gasteiger partial charge on any atom is -0.397 e. The third kappa shape index (κ3) is 2.76. The zero-order valence-electron chi connectivity index (χ0n) is 12.0. The van der Waals surface area contributed by atoms with Crippen molar-refractivity contribution in [3.05, 3.63) is 10.4 Å². The predicted molar refractivity (Wildman–Crippen MR) is 88.7 cm³/mol. The number of nitrogens with zero attached hydrogens (tertiary/aromatic N) is 1. The minimum absolute atomic E-state index is 0.111. The second-order valence-electron chi connectivity index (χ2n) is 5.34. The maximum absolute atomic E-state index is 12.4. The summed E-state index contributed by atoms with van der Waals surface area (Å²) in [6.07, 6.45) is 1.89. The van der Waals surface area contributed by atoms with Crippen molar-refractivity contribution in [2.24, 2.45) is 5.92 Å². The summed E-state index contributed by atoms with van der Waals surface area (Å²) in [5.74, 6) is 2.11. The molecule has 1 aliphatic carbocycles. The van der Waals surface area contributed by atoms with Crippen LogP contribution < -0.4 is 16.0 Å². The van der Waals surface area contributed by atoms with Crippen LogP contribution in [-0.4, -0.2) is 43.3 Å². The summed E-state index contributed by atoms with van der Waals surface area (Å²) in [5, 5.41) is 3.50. The zero-order valence-corrected chi connectivity index (χ0v) is 13.6. The number of amides is 1. The van der Waals surface area contributed by atoms with Crippen molar-refractivity contribution < 1.29 is 9.59 Å². The van der Waals surface area contributed by atoms with E-state index in [1.54, 1.807) is 7.05 Å². The van der Waals surface area contributed by atoms with Gasteiger partial charge in [0, 0.05) is 37.6 Å². The average Bonchev–Trinajstić information content (AvgIpc) is 3.30. The summed E-state index contributed by atoms with van der Waals surface area (Å²) in [5.41, 5.74) is 7.00. The molecule has 1 saturated carbocycles. The highest BCUT2D eigenvalue weighted by Crippen LogP contribution is 2.43. The summed E-state index contributed by atoms with van der Waals surface area (Å²) in [6, 6.07) is 0. The molecule has 1 aliphatic heterocycles. The van der Waals surface area contributed by atoms with E-state index in [0.29, 0.717) is 16.1 Å². The lowest BCUT2D eigenvalue weighted by atomic mass is 10.1. The van der Waals surface area contributed by atoms with Crippen LogP contribution in [0.25, 0.3) is 0 Å².